The van der Waals surface area contributed by atoms with Crippen molar-refractivity contribution in [2.24, 2.45) is 0 Å². The Morgan fingerprint density at radius 3 is 2.37 bits per heavy atom. The smallest absolute Gasteiger partial charge is 0.408 e. The van der Waals surface area contributed by atoms with Gasteiger partial charge in [-0.05, 0) is 33.3 Å². The van der Waals surface area contributed by atoms with E-state index in [1.807, 2.05) is 31.2 Å². The van der Waals surface area contributed by atoms with Crippen LogP contribution < -0.4 is 5.32 Å². The monoisotopic (exact) mass is 263 g/mol. The molecule has 4 nitrogen and oxygen atoms in total. The molecule has 0 fully saturated rings. The number of nitrogens with one attached hydrogen (secondary N) is 1. The van der Waals surface area contributed by atoms with Gasteiger partial charge in [0, 0.05) is 6.42 Å². The first-order valence-corrected chi connectivity index (χ1v) is 6.31. The number of hydrogen-bond donors (Lipinski definition) is 1. The van der Waals surface area contributed by atoms with Gasteiger partial charge in [-0.3, -0.25) is 0 Å². The number of rotatable bonds is 4. The molecule has 0 saturated heterocycles. The molecule has 0 aliphatic rings. The highest BCUT2D eigenvalue weighted by atomic mass is 16.6. The van der Waals surface area contributed by atoms with Crippen molar-refractivity contribution in [1.29, 1.82) is 0 Å². The summed E-state index contributed by atoms with van der Waals surface area (Å²) in [6.45, 7) is 7.38. The third-order valence-corrected chi connectivity index (χ3v) is 2.50. The van der Waals surface area contributed by atoms with Gasteiger partial charge in [0.15, 0.2) is 0 Å². The van der Waals surface area contributed by atoms with Crippen LogP contribution in [0.2, 0.25) is 0 Å². The van der Waals surface area contributed by atoms with Crippen molar-refractivity contribution in [3.05, 3.63) is 35.4 Å². The SMILES string of the molecule is Cc1ccc([C@@H](CC=O)NC(=O)OC(C)(C)C)cc1. The molecular formula is C15H21NO3. The Bertz CT molecular complexity index is 432. The predicted octanol–water partition coefficient (Wildman–Crippen LogP) is 3.15. The second-order valence-corrected chi connectivity index (χ2v) is 5.51. The van der Waals surface area contributed by atoms with Gasteiger partial charge in [-0.2, -0.15) is 0 Å². The molecule has 0 aromatic heterocycles. The van der Waals surface area contributed by atoms with Crippen LogP contribution in [-0.4, -0.2) is 18.0 Å². The molecule has 0 heterocycles. The number of hydrogen-bond acceptors (Lipinski definition) is 3. The van der Waals surface area contributed by atoms with E-state index in [1.165, 1.54) is 0 Å². The number of carbonyl (C=O) groups excluding carboxylic acids is 2. The molecule has 1 atom stereocenters. The summed E-state index contributed by atoms with van der Waals surface area (Å²) in [5.74, 6) is 0. The molecule has 0 saturated carbocycles. The summed E-state index contributed by atoms with van der Waals surface area (Å²) in [5, 5.41) is 2.72. The maximum atomic E-state index is 11.7. The van der Waals surface area contributed by atoms with Gasteiger partial charge in [0.1, 0.15) is 11.9 Å². The predicted molar refractivity (Wildman–Crippen MR) is 74.0 cm³/mol. The average molecular weight is 263 g/mol. The lowest BCUT2D eigenvalue weighted by atomic mass is 10.0. The zero-order valence-corrected chi connectivity index (χ0v) is 11.9. The van der Waals surface area contributed by atoms with Crippen molar-refractivity contribution < 1.29 is 14.3 Å². The van der Waals surface area contributed by atoms with E-state index in [-0.39, 0.29) is 12.5 Å². The first-order valence-electron chi connectivity index (χ1n) is 6.31. The molecular weight excluding hydrogens is 242 g/mol. The number of aryl methyl sites for hydroxylation is 1. The number of ether oxygens (including phenoxy) is 1. The Hall–Kier alpha value is -1.84. The van der Waals surface area contributed by atoms with E-state index in [0.717, 1.165) is 17.4 Å². The Morgan fingerprint density at radius 2 is 1.89 bits per heavy atom. The second-order valence-electron chi connectivity index (χ2n) is 5.51. The molecule has 0 aliphatic heterocycles. The summed E-state index contributed by atoms with van der Waals surface area (Å²) in [6.07, 6.45) is 0.504. The van der Waals surface area contributed by atoms with Crippen LogP contribution in [0.25, 0.3) is 0 Å². The van der Waals surface area contributed by atoms with E-state index in [9.17, 15) is 9.59 Å². The molecule has 1 amide bonds. The van der Waals surface area contributed by atoms with E-state index in [1.54, 1.807) is 20.8 Å². The zero-order valence-electron chi connectivity index (χ0n) is 11.9. The van der Waals surface area contributed by atoms with E-state index >= 15 is 0 Å². The van der Waals surface area contributed by atoms with Crippen LogP contribution in [0.3, 0.4) is 0 Å². The lowest BCUT2D eigenvalue weighted by Gasteiger charge is -2.23. The Kier molecular flexibility index (Phi) is 5.10. The van der Waals surface area contributed by atoms with E-state index in [0.29, 0.717) is 0 Å². The fourth-order valence-corrected chi connectivity index (χ4v) is 1.62. The van der Waals surface area contributed by atoms with Crippen molar-refractivity contribution in [3.63, 3.8) is 0 Å². The number of benzene rings is 1. The first kappa shape index (κ1) is 15.2. The van der Waals surface area contributed by atoms with Crippen molar-refractivity contribution >= 4 is 12.4 Å². The molecule has 1 aromatic carbocycles. The fraction of sp³-hybridized carbons (Fsp3) is 0.467. The lowest BCUT2D eigenvalue weighted by molar-refractivity contribution is -0.108. The summed E-state index contributed by atoms with van der Waals surface area (Å²) in [5.41, 5.74) is 1.47. The molecule has 19 heavy (non-hydrogen) atoms. The molecule has 0 bridgehead atoms. The van der Waals surface area contributed by atoms with Crippen LogP contribution in [0.4, 0.5) is 4.79 Å². The summed E-state index contributed by atoms with van der Waals surface area (Å²) in [7, 11) is 0. The van der Waals surface area contributed by atoms with Crippen molar-refractivity contribution in [2.75, 3.05) is 0 Å². The third kappa shape index (κ3) is 5.55. The third-order valence-electron chi connectivity index (χ3n) is 2.50. The quantitative estimate of drug-likeness (QED) is 0.849. The van der Waals surface area contributed by atoms with Gasteiger partial charge in [-0.15, -0.1) is 0 Å². The highest BCUT2D eigenvalue weighted by Gasteiger charge is 2.20. The fourth-order valence-electron chi connectivity index (χ4n) is 1.62. The molecule has 0 unspecified atom stereocenters. The molecule has 1 N–H and O–H groups in total. The van der Waals surface area contributed by atoms with Gasteiger partial charge in [0.2, 0.25) is 0 Å². The molecule has 1 aromatic rings. The molecule has 104 valence electrons. The molecule has 0 aliphatic carbocycles. The van der Waals surface area contributed by atoms with Crippen LogP contribution in [-0.2, 0) is 9.53 Å². The maximum absolute atomic E-state index is 11.7. The van der Waals surface area contributed by atoms with Crippen molar-refractivity contribution in [3.8, 4) is 0 Å². The molecule has 0 radical (unpaired) electrons. The standard InChI is InChI=1S/C15H21NO3/c1-11-5-7-12(8-6-11)13(9-10-17)16-14(18)19-15(2,3)4/h5-8,10,13H,9H2,1-4H3,(H,16,18)/t13-/m1/s1. The van der Waals surface area contributed by atoms with E-state index in [2.05, 4.69) is 5.32 Å². The average Bonchev–Trinajstić information content (AvgIpc) is 2.27. The first-order chi connectivity index (χ1) is 8.81. The van der Waals surface area contributed by atoms with Gasteiger partial charge in [0.05, 0.1) is 6.04 Å². The normalized spacial score (nSPS) is 12.6. The highest BCUT2D eigenvalue weighted by Crippen LogP contribution is 2.17. The van der Waals surface area contributed by atoms with Gasteiger partial charge >= 0.3 is 6.09 Å². The molecule has 0 spiro atoms. The van der Waals surface area contributed by atoms with Crippen LogP contribution in [0, 0.1) is 6.92 Å². The largest absolute Gasteiger partial charge is 0.444 e. The lowest BCUT2D eigenvalue weighted by Crippen LogP contribution is -2.35. The summed E-state index contributed by atoms with van der Waals surface area (Å²) in [6, 6.07) is 7.35. The second kappa shape index (κ2) is 6.36. The number of aldehydes is 1. The number of amides is 1. The minimum absolute atomic E-state index is 0.225. The number of carbonyl (C=O) groups is 2. The van der Waals surface area contributed by atoms with Gasteiger partial charge in [-0.1, -0.05) is 29.8 Å². The minimum atomic E-state index is -0.552. The van der Waals surface area contributed by atoms with Crippen LogP contribution >= 0.6 is 0 Å². The van der Waals surface area contributed by atoms with Gasteiger partial charge in [-0.25, -0.2) is 4.79 Å². The van der Waals surface area contributed by atoms with Crippen molar-refractivity contribution in [1.82, 2.24) is 5.32 Å². The zero-order chi connectivity index (χ0) is 14.5. The topological polar surface area (TPSA) is 55.4 Å². The summed E-state index contributed by atoms with van der Waals surface area (Å²) < 4.78 is 5.19. The Morgan fingerprint density at radius 1 is 1.32 bits per heavy atom. The van der Waals surface area contributed by atoms with E-state index in [4.69, 9.17) is 4.74 Å². The van der Waals surface area contributed by atoms with Crippen LogP contribution in [0.5, 0.6) is 0 Å². The maximum Gasteiger partial charge on any atom is 0.408 e. The van der Waals surface area contributed by atoms with Crippen LogP contribution in [0.1, 0.15) is 44.4 Å². The van der Waals surface area contributed by atoms with Gasteiger partial charge < -0.3 is 14.8 Å². The van der Waals surface area contributed by atoms with Gasteiger partial charge in [0.25, 0.3) is 0 Å². The number of alkyl carbamates (subject to hydrolysis) is 1. The highest BCUT2D eigenvalue weighted by molar-refractivity contribution is 5.69. The van der Waals surface area contributed by atoms with E-state index < -0.39 is 11.7 Å². The Labute approximate surface area is 114 Å². The summed E-state index contributed by atoms with van der Waals surface area (Å²) in [4.78, 5) is 22.5. The summed E-state index contributed by atoms with van der Waals surface area (Å²) >= 11 is 0. The van der Waals surface area contributed by atoms with Crippen LogP contribution in [0.15, 0.2) is 24.3 Å². The molecule has 4 heteroatoms. The minimum Gasteiger partial charge on any atom is -0.444 e. The Balaban J connectivity index is 2.75. The molecule has 1 rings (SSSR count). The van der Waals surface area contributed by atoms with Crippen molar-refractivity contribution in [2.45, 2.75) is 45.8 Å².